The van der Waals surface area contributed by atoms with E-state index >= 15 is 0 Å². The van der Waals surface area contributed by atoms with Crippen LogP contribution in [0.4, 0.5) is 5.69 Å². The second-order valence-corrected chi connectivity index (χ2v) is 9.69. The zero-order valence-electron chi connectivity index (χ0n) is 17.8. The fourth-order valence-electron chi connectivity index (χ4n) is 4.03. The van der Waals surface area contributed by atoms with Crippen LogP contribution in [0, 0.1) is 0 Å². The van der Waals surface area contributed by atoms with Crippen molar-refractivity contribution in [3.05, 3.63) is 81.1 Å². The highest BCUT2D eigenvalue weighted by atomic mass is 35.5. The number of amidine groups is 1. The number of nitrogens with zero attached hydrogens (tertiary/aromatic N) is 2. The number of hydrogen-bond donors (Lipinski definition) is 3. The van der Waals surface area contributed by atoms with E-state index in [0.717, 1.165) is 37.2 Å². The van der Waals surface area contributed by atoms with E-state index in [-0.39, 0.29) is 11.8 Å². The van der Waals surface area contributed by atoms with Crippen molar-refractivity contribution in [2.75, 3.05) is 18.4 Å². The van der Waals surface area contributed by atoms with Gasteiger partial charge in [-0.3, -0.25) is 9.79 Å². The van der Waals surface area contributed by atoms with E-state index in [9.17, 15) is 9.90 Å². The molecule has 0 radical (unpaired) electrons. The number of aryl methyl sites for hydroxylation is 2. The number of nitrogens with one attached hydrogen (secondary N) is 2. The molecule has 5 rings (SSSR count). The summed E-state index contributed by atoms with van der Waals surface area (Å²) in [4.78, 5) is 17.5. The van der Waals surface area contributed by atoms with Gasteiger partial charge in [-0.05, 0) is 35.7 Å². The third kappa shape index (κ3) is 4.74. The Kier molecular flexibility index (Phi) is 6.07. The molecular formula is C25H23ClN4O2S. The molecule has 6 nitrogen and oxygen atoms in total. The van der Waals surface area contributed by atoms with Gasteiger partial charge in [0.2, 0.25) is 5.88 Å². The van der Waals surface area contributed by atoms with Gasteiger partial charge < -0.3 is 20.3 Å². The molecule has 33 heavy (non-hydrogen) atoms. The highest BCUT2D eigenvalue weighted by Crippen LogP contribution is 2.34. The van der Waals surface area contributed by atoms with Crippen LogP contribution in [0.5, 0.6) is 5.88 Å². The van der Waals surface area contributed by atoms with Gasteiger partial charge in [-0.15, -0.1) is 11.3 Å². The zero-order valence-corrected chi connectivity index (χ0v) is 19.4. The summed E-state index contributed by atoms with van der Waals surface area (Å²) in [6.07, 6.45) is 3.53. The second-order valence-electron chi connectivity index (χ2n) is 7.97. The van der Waals surface area contributed by atoms with Crippen LogP contribution in [0.25, 0.3) is 10.8 Å². The molecule has 8 heteroatoms. The van der Waals surface area contributed by atoms with Crippen molar-refractivity contribution in [2.45, 2.75) is 19.4 Å². The minimum atomic E-state index is -0.245. The maximum absolute atomic E-state index is 12.6. The molecule has 1 amide bonds. The highest BCUT2D eigenvalue weighted by molar-refractivity contribution is 7.18. The van der Waals surface area contributed by atoms with Crippen LogP contribution < -0.4 is 10.6 Å². The third-order valence-corrected chi connectivity index (χ3v) is 6.94. The summed E-state index contributed by atoms with van der Waals surface area (Å²) in [6.45, 7) is 2.41. The van der Waals surface area contributed by atoms with Crippen molar-refractivity contribution in [3.63, 3.8) is 0 Å². The number of aliphatic imine (C=N–C) groups is 1. The average molecular weight is 479 g/mol. The molecule has 0 atom stereocenters. The van der Waals surface area contributed by atoms with Crippen LogP contribution in [0.3, 0.4) is 0 Å². The maximum atomic E-state index is 12.6. The first-order valence-electron chi connectivity index (χ1n) is 10.8. The largest absolute Gasteiger partial charge is 0.494 e. The summed E-state index contributed by atoms with van der Waals surface area (Å²) in [5, 5.41) is 18.6. The molecule has 0 unspecified atom stereocenters. The number of thiophene rings is 1. The quantitative estimate of drug-likeness (QED) is 0.345. The molecule has 2 aromatic carbocycles. The second kappa shape index (κ2) is 9.29. The Hall–Kier alpha value is -3.29. The number of carbonyl (C=O) groups is 1. The van der Waals surface area contributed by atoms with E-state index in [0.29, 0.717) is 26.8 Å². The number of rotatable bonds is 7. The van der Waals surface area contributed by atoms with Gasteiger partial charge in [0.1, 0.15) is 5.84 Å². The van der Waals surface area contributed by atoms with Gasteiger partial charge in [-0.25, -0.2) is 0 Å². The first-order valence-corrected chi connectivity index (χ1v) is 12.0. The molecule has 3 N–H and O–H groups in total. The van der Waals surface area contributed by atoms with E-state index in [4.69, 9.17) is 11.6 Å². The molecule has 4 aromatic rings. The van der Waals surface area contributed by atoms with Crippen molar-refractivity contribution in [3.8, 4) is 5.88 Å². The standard InChI is InChI=1S/C25H23ClN4O2S/c26-21-9-8-20(33-21)24(31)29-19-3-1-2-18-15-30(25(32)23(18)19)13-10-16-4-6-17(7-5-16)14-22-27-11-12-28-22/h1-9,15,32H,10-14H2,(H,27,28)(H,29,31). The smallest absolute Gasteiger partial charge is 0.265 e. The molecule has 0 spiro atoms. The van der Waals surface area contributed by atoms with Gasteiger partial charge in [0.15, 0.2) is 0 Å². The van der Waals surface area contributed by atoms with Gasteiger partial charge in [0, 0.05) is 31.1 Å². The maximum Gasteiger partial charge on any atom is 0.265 e. The van der Waals surface area contributed by atoms with Gasteiger partial charge >= 0.3 is 0 Å². The number of amides is 1. The molecule has 1 aliphatic heterocycles. The SMILES string of the molecule is O=C(Nc1cccc2cn(CCc3ccc(CC4=NCCN4)cc3)c(O)c12)c1ccc(Cl)s1. The van der Waals surface area contributed by atoms with Crippen LogP contribution >= 0.6 is 22.9 Å². The monoisotopic (exact) mass is 478 g/mol. The van der Waals surface area contributed by atoms with Crippen molar-refractivity contribution >= 4 is 51.1 Å². The van der Waals surface area contributed by atoms with Crippen molar-refractivity contribution in [1.82, 2.24) is 9.88 Å². The predicted molar refractivity (Wildman–Crippen MR) is 135 cm³/mol. The van der Waals surface area contributed by atoms with Crippen LogP contribution in [-0.4, -0.2) is 34.5 Å². The number of fused-ring (bicyclic) bond motifs is 1. The Morgan fingerprint density at radius 2 is 1.97 bits per heavy atom. The van der Waals surface area contributed by atoms with E-state index in [2.05, 4.69) is 39.9 Å². The number of benzene rings is 2. The van der Waals surface area contributed by atoms with Crippen molar-refractivity contribution in [1.29, 1.82) is 0 Å². The molecule has 0 saturated heterocycles. The molecule has 1 aliphatic rings. The lowest BCUT2D eigenvalue weighted by Gasteiger charge is -2.08. The average Bonchev–Trinajstić information content (AvgIpc) is 3.55. The molecular weight excluding hydrogens is 456 g/mol. The van der Waals surface area contributed by atoms with Gasteiger partial charge in [0.25, 0.3) is 5.91 Å². The Bertz CT molecular complexity index is 1340. The zero-order chi connectivity index (χ0) is 22.8. The minimum Gasteiger partial charge on any atom is -0.494 e. The highest BCUT2D eigenvalue weighted by Gasteiger charge is 2.16. The molecule has 168 valence electrons. The number of halogens is 1. The fraction of sp³-hybridized carbons (Fsp3) is 0.200. The lowest BCUT2D eigenvalue weighted by Crippen LogP contribution is -2.20. The molecule has 2 aromatic heterocycles. The lowest BCUT2D eigenvalue weighted by atomic mass is 10.1. The molecule has 0 saturated carbocycles. The third-order valence-electron chi connectivity index (χ3n) is 5.71. The number of anilines is 1. The summed E-state index contributed by atoms with van der Waals surface area (Å²) in [5.74, 6) is 0.953. The van der Waals surface area contributed by atoms with Crippen LogP contribution in [0.15, 0.2) is 65.8 Å². The number of carbonyl (C=O) groups excluding carboxylic acids is 1. The Labute approximate surface area is 200 Å². The summed E-state index contributed by atoms with van der Waals surface area (Å²) in [7, 11) is 0. The first kappa shape index (κ1) is 21.6. The summed E-state index contributed by atoms with van der Waals surface area (Å²) >= 11 is 7.17. The fourth-order valence-corrected chi connectivity index (χ4v) is 4.97. The molecule has 0 aliphatic carbocycles. The van der Waals surface area contributed by atoms with E-state index in [1.165, 1.54) is 22.5 Å². The Balaban J connectivity index is 1.29. The van der Waals surface area contributed by atoms with Crippen molar-refractivity contribution < 1.29 is 9.90 Å². The Morgan fingerprint density at radius 1 is 1.15 bits per heavy atom. The number of aromatic hydroxyl groups is 1. The summed E-state index contributed by atoms with van der Waals surface area (Å²) in [6, 6.07) is 17.5. The van der Waals surface area contributed by atoms with Crippen LogP contribution in [0.1, 0.15) is 20.8 Å². The van der Waals surface area contributed by atoms with E-state index in [1.807, 2.05) is 22.9 Å². The molecule has 0 bridgehead atoms. The van der Waals surface area contributed by atoms with Crippen LogP contribution in [0.2, 0.25) is 4.34 Å². The van der Waals surface area contributed by atoms with Gasteiger partial charge in [0.05, 0.1) is 26.8 Å². The predicted octanol–water partition coefficient (Wildman–Crippen LogP) is 5.10. The summed E-state index contributed by atoms with van der Waals surface area (Å²) in [5.41, 5.74) is 3.00. The van der Waals surface area contributed by atoms with E-state index in [1.54, 1.807) is 18.2 Å². The van der Waals surface area contributed by atoms with Gasteiger partial charge in [-0.2, -0.15) is 0 Å². The topological polar surface area (TPSA) is 78.7 Å². The van der Waals surface area contributed by atoms with E-state index < -0.39 is 0 Å². The van der Waals surface area contributed by atoms with Gasteiger partial charge in [-0.1, -0.05) is 48.0 Å². The first-order chi connectivity index (χ1) is 16.1. The number of hydrogen-bond acceptors (Lipinski definition) is 5. The molecule has 3 heterocycles. The Morgan fingerprint density at radius 3 is 2.70 bits per heavy atom. The minimum absolute atomic E-state index is 0.145. The van der Waals surface area contributed by atoms with Crippen LogP contribution in [-0.2, 0) is 19.4 Å². The van der Waals surface area contributed by atoms with Crippen molar-refractivity contribution in [2.24, 2.45) is 4.99 Å². The normalized spacial score (nSPS) is 13.2. The summed E-state index contributed by atoms with van der Waals surface area (Å²) < 4.78 is 2.39. The lowest BCUT2D eigenvalue weighted by molar-refractivity contribution is 0.103. The number of aromatic nitrogens is 1. The molecule has 0 fully saturated rings.